The normalized spacial score (nSPS) is 21.1. The van der Waals surface area contributed by atoms with Crippen LogP contribution in [0.1, 0.15) is 29.4 Å². The van der Waals surface area contributed by atoms with Gasteiger partial charge >= 0.3 is 0 Å². The lowest BCUT2D eigenvalue weighted by Crippen LogP contribution is -3.29. The Labute approximate surface area is 162 Å². The summed E-state index contributed by atoms with van der Waals surface area (Å²) in [5, 5.41) is 7.49. The Balaban J connectivity index is 1.53. The second-order valence-corrected chi connectivity index (χ2v) is 7.95. The lowest BCUT2D eigenvalue weighted by Gasteiger charge is -2.32. The van der Waals surface area contributed by atoms with Gasteiger partial charge in [-0.2, -0.15) is 5.10 Å². The van der Waals surface area contributed by atoms with Crippen molar-refractivity contribution in [3.63, 3.8) is 0 Å². The fraction of sp³-hybridized carbons (Fsp3) is 0.524. The Morgan fingerprint density at radius 1 is 1.22 bits per heavy atom. The molecule has 0 unspecified atom stereocenters. The topological polar surface area (TPSA) is 55.8 Å². The van der Waals surface area contributed by atoms with Gasteiger partial charge in [-0.15, -0.1) is 0 Å². The SMILES string of the molecule is Cc1cccc(C[NH+]2CC[NH+]([C@H](C)C(=O)Nc3c(C)nn(C)c3C)CC2)c1. The number of aromatic nitrogens is 2. The Morgan fingerprint density at radius 3 is 2.52 bits per heavy atom. The number of benzene rings is 1. The summed E-state index contributed by atoms with van der Waals surface area (Å²) >= 11 is 0. The molecule has 146 valence electrons. The van der Waals surface area contributed by atoms with Gasteiger partial charge in [0.1, 0.15) is 32.7 Å². The molecule has 1 aromatic carbocycles. The molecular weight excluding hydrogens is 338 g/mol. The first-order valence-corrected chi connectivity index (χ1v) is 9.90. The molecule has 1 aromatic heterocycles. The Hall–Kier alpha value is -2.18. The van der Waals surface area contributed by atoms with Crippen LogP contribution in [0.3, 0.4) is 0 Å². The molecule has 0 bridgehead atoms. The molecule has 0 spiro atoms. The van der Waals surface area contributed by atoms with E-state index in [2.05, 4.69) is 41.6 Å². The van der Waals surface area contributed by atoms with Crippen LogP contribution in [0, 0.1) is 20.8 Å². The van der Waals surface area contributed by atoms with E-state index in [1.165, 1.54) is 16.0 Å². The maximum atomic E-state index is 12.8. The number of aryl methyl sites for hydroxylation is 3. The molecule has 0 saturated carbocycles. The Bertz CT molecular complexity index is 805. The van der Waals surface area contributed by atoms with Gasteiger partial charge in [0, 0.05) is 12.6 Å². The summed E-state index contributed by atoms with van der Waals surface area (Å²) in [7, 11) is 1.91. The fourth-order valence-electron chi connectivity index (χ4n) is 4.02. The van der Waals surface area contributed by atoms with Crippen LogP contribution >= 0.6 is 0 Å². The average molecular weight is 372 g/mol. The lowest BCUT2D eigenvalue weighted by atomic mass is 10.1. The highest BCUT2D eigenvalue weighted by molar-refractivity contribution is 5.94. The predicted molar refractivity (Wildman–Crippen MR) is 107 cm³/mol. The number of anilines is 1. The minimum Gasteiger partial charge on any atom is -0.322 e. The number of nitrogens with one attached hydrogen (secondary N) is 3. The summed E-state index contributed by atoms with van der Waals surface area (Å²) in [4.78, 5) is 15.7. The summed E-state index contributed by atoms with van der Waals surface area (Å²) in [6.45, 7) is 13.4. The molecule has 1 aliphatic rings. The smallest absolute Gasteiger partial charge is 0.282 e. The van der Waals surface area contributed by atoms with Crippen molar-refractivity contribution >= 4 is 11.6 Å². The van der Waals surface area contributed by atoms with Gasteiger partial charge < -0.3 is 15.1 Å². The number of carbonyl (C=O) groups excluding carboxylic acids is 1. The van der Waals surface area contributed by atoms with Crippen molar-refractivity contribution in [1.82, 2.24) is 9.78 Å². The van der Waals surface area contributed by atoms with Crippen LogP contribution in [0.2, 0.25) is 0 Å². The number of hydrogen-bond acceptors (Lipinski definition) is 2. The van der Waals surface area contributed by atoms with Gasteiger partial charge in [0.2, 0.25) is 0 Å². The highest BCUT2D eigenvalue weighted by atomic mass is 16.2. The van der Waals surface area contributed by atoms with E-state index in [0.717, 1.165) is 49.8 Å². The van der Waals surface area contributed by atoms with E-state index in [1.54, 1.807) is 4.90 Å². The molecule has 6 nitrogen and oxygen atoms in total. The third kappa shape index (κ3) is 4.57. The van der Waals surface area contributed by atoms with Gasteiger partial charge in [-0.25, -0.2) is 0 Å². The summed E-state index contributed by atoms with van der Waals surface area (Å²) in [5.41, 5.74) is 5.45. The molecule has 2 heterocycles. The van der Waals surface area contributed by atoms with Crippen LogP contribution in [0.15, 0.2) is 24.3 Å². The maximum absolute atomic E-state index is 12.8. The number of piperazine rings is 1. The van der Waals surface area contributed by atoms with Gasteiger partial charge in [0.05, 0.1) is 17.1 Å². The van der Waals surface area contributed by atoms with Gasteiger partial charge in [0.25, 0.3) is 5.91 Å². The first-order chi connectivity index (χ1) is 12.8. The molecule has 1 amide bonds. The molecule has 3 N–H and O–H groups in total. The molecule has 0 radical (unpaired) electrons. The van der Waals surface area contributed by atoms with Gasteiger partial charge in [-0.05, 0) is 27.7 Å². The standard InChI is InChI=1S/C21H31N5O/c1-15-7-6-8-19(13-15)14-25-9-11-26(12-10-25)18(4)21(27)22-20-16(2)23-24(5)17(20)3/h6-8,13,18H,9-12,14H2,1-5H3,(H,22,27)/p+2/t18-/m1/s1. The average Bonchev–Trinajstić information content (AvgIpc) is 2.88. The van der Waals surface area contributed by atoms with Crippen molar-refractivity contribution in [2.75, 3.05) is 31.5 Å². The first kappa shape index (κ1) is 19.6. The van der Waals surface area contributed by atoms with Crippen LogP contribution in [-0.2, 0) is 18.4 Å². The number of rotatable bonds is 5. The van der Waals surface area contributed by atoms with Crippen molar-refractivity contribution in [3.05, 3.63) is 46.8 Å². The molecule has 2 aromatic rings. The number of quaternary nitrogens is 2. The van der Waals surface area contributed by atoms with E-state index in [0.29, 0.717) is 0 Å². The minimum atomic E-state index is -0.0514. The van der Waals surface area contributed by atoms with E-state index in [-0.39, 0.29) is 11.9 Å². The van der Waals surface area contributed by atoms with Crippen molar-refractivity contribution in [1.29, 1.82) is 0 Å². The number of amides is 1. The van der Waals surface area contributed by atoms with E-state index in [9.17, 15) is 4.79 Å². The van der Waals surface area contributed by atoms with Crippen molar-refractivity contribution < 1.29 is 14.6 Å². The highest BCUT2D eigenvalue weighted by Gasteiger charge is 2.31. The predicted octanol–water partition coefficient (Wildman–Crippen LogP) is -0.344. The Morgan fingerprint density at radius 2 is 1.93 bits per heavy atom. The second-order valence-electron chi connectivity index (χ2n) is 7.95. The second kappa shape index (κ2) is 8.23. The molecule has 1 fully saturated rings. The zero-order valence-corrected chi connectivity index (χ0v) is 17.2. The van der Waals surface area contributed by atoms with E-state index < -0.39 is 0 Å². The summed E-state index contributed by atoms with van der Waals surface area (Å²) in [6, 6.07) is 8.73. The molecule has 1 aliphatic heterocycles. The largest absolute Gasteiger partial charge is 0.322 e. The highest BCUT2D eigenvalue weighted by Crippen LogP contribution is 2.18. The molecule has 27 heavy (non-hydrogen) atoms. The van der Waals surface area contributed by atoms with Gasteiger partial charge in [-0.3, -0.25) is 9.48 Å². The van der Waals surface area contributed by atoms with Crippen molar-refractivity contribution in [2.45, 2.75) is 40.3 Å². The summed E-state index contributed by atoms with van der Waals surface area (Å²) in [6.07, 6.45) is 0. The monoisotopic (exact) mass is 371 g/mol. The van der Waals surface area contributed by atoms with E-state index in [1.807, 2.05) is 32.5 Å². The van der Waals surface area contributed by atoms with Crippen molar-refractivity contribution in [2.24, 2.45) is 7.05 Å². The fourth-order valence-corrected chi connectivity index (χ4v) is 4.02. The maximum Gasteiger partial charge on any atom is 0.282 e. The lowest BCUT2D eigenvalue weighted by molar-refractivity contribution is -1.02. The third-order valence-electron chi connectivity index (χ3n) is 5.90. The first-order valence-electron chi connectivity index (χ1n) is 9.90. The summed E-state index contributed by atoms with van der Waals surface area (Å²) in [5.74, 6) is 0.0892. The minimum absolute atomic E-state index is 0.0514. The van der Waals surface area contributed by atoms with Crippen LogP contribution in [0.4, 0.5) is 5.69 Å². The van der Waals surface area contributed by atoms with E-state index in [4.69, 9.17) is 0 Å². The summed E-state index contributed by atoms with van der Waals surface area (Å²) < 4.78 is 1.82. The van der Waals surface area contributed by atoms with Crippen LogP contribution in [0.25, 0.3) is 0 Å². The molecule has 3 rings (SSSR count). The van der Waals surface area contributed by atoms with Gasteiger partial charge in [-0.1, -0.05) is 29.8 Å². The number of nitrogens with zero attached hydrogens (tertiary/aromatic N) is 2. The van der Waals surface area contributed by atoms with Crippen LogP contribution in [0.5, 0.6) is 0 Å². The number of carbonyl (C=O) groups is 1. The van der Waals surface area contributed by atoms with Gasteiger partial charge in [0.15, 0.2) is 6.04 Å². The number of hydrogen-bond donors (Lipinski definition) is 3. The molecule has 1 saturated heterocycles. The quantitative estimate of drug-likeness (QED) is 0.673. The van der Waals surface area contributed by atoms with Crippen LogP contribution < -0.4 is 15.1 Å². The van der Waals surface area contributed by atoms with Crippen molar-refractivity contribution in [3.8, 4) is 0 Å². The molecular formula is C21H33N5O+2. The molecule has 0 aliphatic carbocycles. The van der Waals surface area contributed by atoms with E-state index >= 15 is 0 Å². The zero-order valence-electron chi connectivity index (χ0n) is 17.2. The zero-order chi connectivity index (χ0) is 19.6. The molecule has 1 atom stereocenters. The third-order valence-corrected chi connectivity index (χ3v) is 5.90. The Kier molecular flexibility index (Phi) is 5.97. The molecule has 6 heteroatoms. The van der Waals surface area contributed by atoms with Crippen LogP contribution in [-0.4, -0.2) is 47.9 Å².